The molecule has 2 heterocycles. The molecule has 1 saturated heterocycles. The van der Waals surface area contributed by atoms with Crippen molar-refractivity contribution < 1.29 is 9.13 Å². The highest BCUT2D eigenvalue weighted by molar-refractivity contribution is 6.29. The van der Waals surface area contributed by atoms with Crippen LogP contribution in [0.2, 0.25) is 5.15 Å². The lowest BCUT2D eigenvalue weighted by atomic mass is 10.2. The maximum atomic E-state index is 13.4. The Morgan fingerprint density at radius 3 is 2.94 bits per heavy atom. The average molecular weight is 274 g/mol. The molecular weight excluding hydrogens is 257 g/mol. The quantitative estimate of drug-likeness (QED) is 0.793. The molecule has 2 rings (SSSR count). The Morgan fingerprint density at radius 2 is 2.28 bits per heavy atom. The summed E-state index contributed by atoms with van der Waals surface area (Å²) in [5.74, 6) is -0.0821. The summed E-state index contributed by atoms with van der Waals surface area (Å²) in [4.78, 5) is 10.4. The van der Waals surface area contributed by atoms with Crippen molar-refractivity contribution in [3.05, 3.63) is 22.5 Å². The number of nitrogens with zero attached hydrogens (tertiary/aromatic N) is 3. The summed E-state index contributed by atoms with van der Waals surface area (Å²) >= 11 is 5.74. The maximum Gasteiger partial charge on any atom is 0.181 e. The molecule has 1 aromatic heterocycles. The second-order valence-corrected chi connectivity index (χ2v) is 4.79. The summed E-state index contributed by atoms with van der Waals surface area (Å²) in [5.41, 5.74) is 0.265. The van der Waals surface area contributed by atoms with Crippen LogP contribution in [0.5, 0.6) is 0 Å². The van der Waals surface area contributed by atoms with E-state index in [1.165, 1.54) is 0 Å². The van der Waals surface area contributed by atoms with E-state index in [2.05, 4.69) is 21.8 Å². The third-order valence-corrected chi connectivity index (χ3v) is 3.22. The molecule has 0 N–H and O–H groups in total. The van der Waals surface area contributed by atoms with Gasteiger partial charge in [0, 0.05) is 13.1 Å². The van der Waals surface area contributed by atoms with Gasteiger partial charge in [0.1, 0.15) is 6.10 Å². The molecule has 1 unspecified atom stereocenters. The van der Waals surface area contributed by atoms with E-state index in [1.54, 1.807) is 6.92 Å². The molecule has 1 atom stereocenters. The molecule has 0 radical (unpaired) electrons. The van der Waals surface area contributed by atoms with Crippen molar-refractivity contribution in [2.24, 2.45) is 0 Å². The summed E-state index contributed by atoms with van der Waals surface area (Å²) in [6, 6.07) is 0. The molecule has 0 saturated carbocycles. The predicted molar refractivity (Wildman–Crippen MR) is 67.2 cm³/mol. The van der Waals surface area contributed by atoms with Crippen LogP contribution in [0.3, 0.4) is 0 Å². The van der Waals surface area contributed by atoms with Gasteiger partial charge in [-0.2, -0.15) is 0 Å². The number of aryl methyl sites for hydroxylation is 1. The highest BCUT2D eigenvalue weighted by Gasteiger charge is 2.25. The van der Waals surface area contributed by atoms with Gasteiger partial charge in [-0.3, -0.25) is 4.90 Å². The molecule has 1 aliphatic rings. The summed E-state index contributed by atoms with van der Waals surface area (Å²) in [6.07, 6.45) is 0.874. The molecule has 100 valence electrons. The lowest BCUT2D eigenvalue weighted by Crippen LogP contribution is -2.39. The minimum Gasteiger partial charge on any atom is -0.368 e. The minimum absolute atomic E-state index is 0.131. The molecule has 1 fully saturated rings. The monoisotopic (exact) mass is 273 g/mol. The van der Waals surface area contributed by atoms with Crippen LogP contribution in [0.1, 0.15) is 31.0 Å². The summed E-state index contributed by atoms with van der Waals surface area (Å²) in [6.45, 7) is 7.03. The number of rotatable bonds is 3. The van der Waals surface area contributed by atoms with E-state index in [4.69, 9.17) is 16.3 Å². The molecule has 0 spiro atoms. The SMILES string of the molecule is CCCN1CCOC(c2nc(C)c(F)c(Cl)n2)C1. The highest BCUT2D eigenvalue weighted by Crippen LogP contribution is 2.22. The Hall–Kier alpha value is -0.780. The molecule has 4 nitrogen and oxygen atoms in total. The van der Waals surface area contributed by atoms with E-state index >= 15 is 0 Å². The van der Waals surface area contributed by atoms with Gasteiger partial charge in [0.25, 0.3) is 0 Å². The van der Waals surface area contributed by atoms with Crippen LogP contribution < -0.4 is 0 Å². The smallest absolute Gasteiger partial charge is 0.181 e. The third-order valence-electron chi connectivity index (χ3n) is 2.97. The van der Waals surface area contributed by atoms with Gasteiger partial charge in [-0.15, -0.1) is 0 Å². The lowest BCUT2D eigenvalue weighted by Gasteiger charge is -2.31. The molecule has 1 aliphatic heterocycles. The molecule has 1 aromatic rings. The van der Waals surface area contributed by atoms with Crippen molar-refractivity contribution >= 4 is 11.6 Å². The van der Waals surface area contributed by atoms with Crippen LogP contribution >= 0.6 is 11.6 Å². The first-order valence-corrected chi connectivity index (χ1v) is 6.53. The van der Waals surface area contributed by atoms with E-state index in [0.717, 1.165) is 26.1 Å². The standard InChI is InChI=1S/C12H17ClFN3O/c1-3-4-17-5-6-18-9(7-17)12-15-8(2)10(14)11(13)16-12/h9H,3-7H2,1-2H3. The van der Waals surface area contributed by atoms with Crippen LogP contribution in [-0.4, -0.2) is 41.1 Å². The maximum absolute atomic E-state index is 13.4. The zero-order valence-electron chi connectivity index (χ0n) is 10.6. The topological polar surface area (TPSA) is 38.2 Å². The van der Waals surface area contributed by atoms with Crippen molar-refractivity contribution in [1.29, 1.82) is 0 Å². The van der Waals surface area contributed by atoms with E-state index in [1.807, 2.05) is 0 Å². The van der Waals surface area contributed by atoms with Crippen molar-refractivity contribution in [3.63, 3.8) is 0 Å². The van der Waals surface area contributed by atoms with Crippen LogP contribution in [0.25, 0.3) is 0 Å². The van der Waals surface area contributed by atoms with Crippen molar-refractivity contribution in [2.45, 2.75) is 26.4 Å². The van der Waals surface area contributed by atoms with Crippen molar-refractivity contribution in [1.82, 2.24) is 14.9 Å². The zero-order valence-corrected chi connectivity index (χ0v) is 11.4. The van der Waals surface area contributed by atoms with Gasteiger partial charge < -0.3 is 4.74 Å². The molecular formula is C12H17ClFN3O. The Kier molecular flexibility index (Phi) is 4.48. The normalized spacial score (nSPS) is 21.2. The third kappa shape index (κ3) is 2.96. The van der Waals surface area contributed by atoms with Gasteiger partial charge in [-0.1, -0.05) is 18.5 Å². The first-order valence-electron chi connectivity index (χ1n) is 6.15. The van der Waals surface area contributed by atoms with Gasteiger partial charge >= 0.3 is 0 Å². The molecule has 6 heteroatoms. The van der Waals surface area contributed by atoms with Crippen LogP contribution in [0.4, 0.5) is 4.39 Å². The van der Waals surface area contributed by atoms with Gasteiger partial charge in [-0.05, 0) is 19.9 Å². The van der Waals surface area contributed by atoms with E-state index < -0.39 is 5.82 Å². The van der Waals surface area contributed by atoms with Gasteiger partial charge in [-0.25, -0.2) is 14.4 Å². The van der Waals surface area contributed by atoms with Crippen LogP contribution in [-0.2, 0) is 4.74 Å². The number of halogens is 2. The second-order valence-electron chi connectivity index (χ2n) is 4.43. The lowest BCUT2D eigenvalue weighted by molar-refractivity contribution is -0.0343. The number of hydrogen-bond donors (Lipinski definition) is 0. The summed E-state index contributed by atoms with van der Waals surface area (Å²) in [5, 5.41) is -0.131. The number of ether oxygens (including phenoxy) is 1. The van der Waals surface area contributed by atoms with Crippen LogP contribution in [0.15, 0.2) is 0 Å². The fraction of sp³-hybridized carbons (Fsp3) is 0.667. The second kappa shape index (κ2) is 5.91. The first kappa shape index (κ1) is 13.6. The number of aromatic nitrogens is 2. The fourth-order valence-corrected chi connectivity index (χ4v) is 2.29. The molecule has 0 aromatic carbocycles. The Morgan fingerprint density at radius 1 is 1.50 bits per heavy atom. The van der Waals surface area contributed by atoms with E-state index in [9.17, 15) is 4.39 Å². The van der Waals surface area contributed by atoms with E-state index in [-0.39, 0.29) is 17.0 Å². The zero-order chi connectivity index (χ0) is 13.1. The largest absolute Gasteiger partial charge is 0.368 e. The first-order chi connectivity index (χ1) is 8.61. The van der Waals surface area contributed by atoms with Crippen molar-refractivity contribution in [2.75, 3.05) is 26.2 Å². The number of hydrogen-bond acceptors (Lipinski definition) is 4. The highest BCUT2D eigenvalue weighted by atomic mass is 35.5. The Balaban J connectivity index is 2.15. The van der Waals surface area contributed by atoms with E-state index in [0.29, 0.717) is 12.4 Å². The van der Waals surface area contributed by atoms with Crippen LogP contribution in [0, 0.1) is 12.7 Å². The predicted octanol–water partition coefficient (Wildman–Crippen LogP) is 2.36. The molecule has 0 amide bonds. The molecule has 0 bridgehead atoms. The van der Waals surface area contributed by atoms with Crippen molar-refractivity contribution in [3.8, 4) is 0 Å². The summed E-state index contributed by atoms with van der Waals surface area (Å²) in [7, 11) is 0. The van der Waals surface area contributed by atoms with Gasteiger partial charge in [0.2, 0.25) is 0 Å². The molecule has 18 heavy (non-hydrogen) atoms. The summed E-state index contributed by atoms with van der Waals surface area (Å²) < 4.78 is 19.0. The van der Waals surface area contributed by atoms with Gasteiger partial charge in [0.15, 0.2) is 16.8 Å². The number of morpholine rings is 1. The minimum atomic E-state index is -0.554. The molecule has 0 aliphatic carbocycles. The van der Waals surface area contributed by atoms with Gasteiger partial charge in [0.05, 0.1) is 12.3 Å². The average Bonchev–Trinajstić information content (AvgIpc) is 2.36. The Bertz CT molecular complexity index is 405. The fourth-order valence-electron chi connectivity index (χ4n) is 2.07. The Labute approximate surface area is 111 Å².